The van der Waals surface area contributed by atoms with Crippen molar-refractivity contribution in [1.29, 1.82) is 0 Å². The van der Waals surface area contributed by atoms with Gasteiger partial charge < -0.3 is 16.0 Å². The van der Waals surface area contributed by atoms with Gasteiger partial charge in [0, 0.05) is 32.6 Å². The molecule has 0 heterocycles. The van der Waals surface area contributed by atoms with Gasteiger partial charge in [0.05, 0.1) is 0 Å². The van der Waals surface area contributed by atoms with E-state index in [-0.39, 0.29) is 29.9 Å². The van der Waals surface area contributed by atoms with Crippen molar-refractivity contribution in [2.24, 2.45) is 16.8 Å². The summed E-state index contributed by atoms with van der Waals surface area (Å²) in [6, 6.07) is 0.369. The van der Waals surface area contributed by atoms with Crippen molar-refractivity contribution in [3.8, 4) is 0 Å². The fraction of sp³-hybridized carbons (Fsp3) is 0.875. The van der Waals surface area contributed by atoms with Gasteiger partial charge in [0.1, 0.15) is 0 Å². The van der Waals surface area contributed by atoms with Gasteiger partial charge in [0.2, 0.25) is 5.91 Å². The maximum absolute atomic E-state index is 11.8. The third kappa shape index (κ3) is 8.80. The number of hydrogen-bond donors (Lipinski definition) is 3. The molecule has 0 aromatic carbocycles. The first kappa shape index (κ1) is 21.5. The van der Waals surface area contributed by atoms with Gasteiger partial charge in [-0.05, 0) is 31.6 Å². The van der Waals surface area contributed by atoms with Gasteiger partial charge in [0.25, 0.3) is 0 Å². The molecule has 1 saturated carbocycles. The molecule has 0 bridgehead atoms. The van der Waals surface area contributed by atoms with E-state index in [4.69, 9.17) is 0 Å². The molecule has 22 heavy (non-hydrogen) atoms. The normalized spacial score (nSPS) is 17.0. The zero-order valence-electron chi connectivity index (χ0n) is 14.4. The predicted octanol–water partition coefficient (Wildman–Crippen LogP) is 2.51. The van der Waals surface area contributed by atoms with Gasteiger partial charge in [0.15, 0.2) is 5.96 Å². The minimum Gasteiger partial charge on any atom is -0.355 e. The molecule has 1 atom stereocenters. The third-order valence-electron chi connectivity index (χ3n) is 4.28. The van der Waals surface area contributed by atoms with Crippen molar-refractivity contribution in [2.45, 2.75) is 58.9 Å². The van der Waals surface area contributed by atoms with Gasteiger partial charge >= 0.3 is 0 Å². The first-order valence-corrected chi connectivity index (χ1v) is 8.26. The minimum atomic E-state index is 0. The summed E-state index contributed by atoms with van der Waals surface area (Å²) in [6.45, 7) is 7.83. The Morgan fingerprint density at radius 3 is 2.27 bits per heavy atom. The van der Waals surface area contributed by atoms with Crippen molar-refractivity contribution in [2.75, 3.05) is 20.1 Å². The summed E-state index contributed by atoms with van der Waals surface area (Å²) in [6.07, 6.45) is 5.70. The van der Waals surface area contributed by atoms with Gasteiger partial charge in [-0.3, -0.25) is 9.79 Å². The number of carbonyl (C=O) groups excluding carboxylic acids is 1. The van der Waals surface area contributed by atoms with E-state index in [2.05, 4.69) is 41.7 Å². The van der Waals surface area contributed by atoms with Crippen LogP contribution in [0.15, 0.2) is 4.99 Å². The van der Waals surface area contributed by atoms with Crippen molar-refractivity contribution in [3.63, 3.8) is 0 Å². The Balaban J connectivity index is 0.00000441. The van der Waals surface area contributed by atoms with Crippen LogP contribution in [0.5, 0.6) is 0 Å². The summed E-state index contributed by atoms with van der Waals surface area (Å²) in [5.74, 6) is 2.14. The minimum absolute atomic E-state index is 0. The Kier molecular flexibility index (Phi) is 11.7. The SMILES string of the molecule is CN=C(NCCNC(=O)CC1CCCC1)NC(C)C(C)C.I. The molecular weight excluding hydrogens is 391 g/mol. The van der Waals surface area contributed by atoms with Gasteiger partial charge in [-0.15, -0.1) is 24.0 Å². The van der Waals surface area contributed by atoms with Gasteiger partial charge in [-0.2, -0.15) is 0 Å². The van der Waals surface area contributed by atoms with Crippen LogP contribution in [0.25, 0.3) is 0 Å². The van der Waals surface area contributed by atoms with Gasteiger partial charge in [-0.25, -0.2) is 0 Å². The maximum Gasteiger partial charge on any atom is 0.220 e. The molecule has 1 unspecified atom stereocenters. The van der Waals surface area contributed by atoms with Crippen LogP contribution in [0.3, 0.4) is 0 Å². The van der Waals surface area contributed by atoms with E-state index in [0.29, 0.717) is 37.4 Å². The Labute approximate surface area is 152 Å². The number of aliphatic imine (C=N–C) groups is 1. The van der Waals surface area contributed by atoms with Crippen LogP contribution in [0, 0.1) is 11.8 Å². The zero-order valence-corrected chi connectivity index (χ0v) is 16.8. The maximum atomic E-state index is 11.8. The Morgan fingerprint density at radius 2 is 1.73 bits per heavy atom. The van der Waals surface area contributed by atoms with Crippen molar-refractivity contribution in [3.05, 3.63) is 0 Å². The fourth-order valence-corrected chi connectivity index (χ4v) is 2.51. The summed E-state index contributed by atoms with van der Waals surface area (Å²) in [5, 5.41) is 9.55. The van der Waals surface area contributed by atoms with E-state index in [1.165, 1.54) is 25.7 Å². The molecule has 5 nitrogen and oxygen atoms in total. The van der Waals surface area contributed by atoms with E-state index in [1.54, 1.807) is 7.05 Å². The number of guanidine groups is 1. The second-order valence-corrected chi connectivity index (χ2v) is 6.38. The lowest BCUT2D eigenvalue weighted by atomic mass is 10.0. The Morgan fingerprint density at radius 1 is 1.14 bits per heavy atom. The molecule has 1 fully saturated rings. The molecule has 1 rings (SSSR count). The lowest BCUT2D eigenvalue weighted by Gasteiger charge is -2.20. The smallest absolute Gasteiger partial charge is 0.220 e. The standard InChI is InChI=1S/C16H32N4O.HI/c1-12(2)13(3)20-16(17-4)19-10-9-18-15(21)11-14-7-5-6-8-14;/h12-14H,5-11H2,1-4H3,(H,18,21)(H2,17,19,20);1H. The first-order chi connectivity index (χ1) is 10.0. The van der Waals surface area contributed by atoms with Gasteiger partial charge in [-0.1, -0.05) is 26.7 Å². The van der Waals surface area contributed by atoms with E-state index < -0.39 is 0 Å². The molecule has 6 heteroatoms. The summed E-state index contributed by atoms with van der Waals surface area (Å²) >= 11 is 0. The second kappa shape index (κ2) is 12.0. The highest BCUT2D eigenvalue weighted by Gasteiger charge is 2.18. The molecule has 0 saturated heterocycles. The predicted molar refractivity (Wildman–Crippen MR) is 104 cm³/mol. The van der Waals surface area contributed by atoms with Crippen LogP contribution in [-0.2, 0) is 4.79 Å². The zero-order chi connectivity index (χ0) is 15.7. The Hall–Kier alpha value is -0.530. The molecule has 1 aliphatic carbocycles. The van der Waals surface area contributed by atoms with E-state index in [0.717, 1.165) is 5.96 Å². The molecule has 0 aromatic rings. The highest BCUT2D eigenvalue weighted by atomic mass is 127. The van der Waals surface area contributed by atoms with Crippen molar-refractivity contribution in [1.82, 2.24) is 16.0 Å². The number of carbonyl (C=O) groups is 1. The van der Waals surface area contributed by atoms with Crippen LogP contribution < -0.4 is 16.0 Å². The third-order valence-corrected chi connectivity index (χ3v) is 4.28. The number of rotatable bonds is 7. The Bertz CT molecular complexity index is 341. The van der Waals surface area contributed by atoms with E-state index >= 15 is 0 Å². The monoisotopic (exact) mass is 424 g/mol. The van der Waals surface area contributed by atoms with Crippen LogP contribution in [0.1, 0.15) is 52.9 Å². The first-order valence-electron chi connectivity index (χ1n) is 8.26. The largest absolute Gasteiger partial charge is 0.355 e. The number of amides is 1. The molecule has 0 aliphatic heterocycles. The molecule has 1 aliphatic rings. The fourth-order valence-electron chi connectivity index (χ4n) is 2.51. The lowest BCUT2D eigenvalue weighted by molar-refractivity contribution is -0.121. The average molecular weight is 424 g/mol. The molecular formula is C16H33IN4O. The number of hydrogen-bond acceptors (Lipinski definition) is 2. The molecule has 0 aromatic heterocycles. The summed E-state index contributed by atoms with van der Waals surface area (Å²) < 4.78 is 0. The summed E-state index contributed by atoms with van der Waals surface area (Å²) in [5.41, 5.74) is 0. The second-order valence-electron chi connectivity index (χ2n) is 6.38. The number of nitrogens with zero attached hydrogens (tertiary/aromatic N) is 1. The highest BCUT2D eigenvalue weighted by molar-refractivity contribution is 14.0. The molecule has 3 N–H and O–H groups in total. The highest BCUT2D eigenvalue weighted by Crippen LogP contribution is 2.27. The number of halogens is 1. The van der Waals surface area contributed by atoms with E-state index in [1.807, 2.05) is 0 Å². The summed E-state index contributed by atoms with van der Waals surface area (Å²) in [7, 11) is 1.76. The molecule has 1 amide bonds. The number of nitrogens with one attached hydrogen (secondary N) is 3. The average Bonchev–Trinajstić information content (AvgIpc) is 2.94. The quantitative estimate of drug-likeness (QED) is 0.255. The lowest BCUT2D eigenvalue weighted by Crippen LogP contribution is -2.46. The molecule has 130 valence electrons. The van der Waals surface area contributed by atoms with Crippen LogP contribution in [0.2, 0.25) is 0 Å². The van der Waals surface area contributed by atoms with Crippen molar-refractivity contribution >= 4 is 35.8 Å². The molecule has 0 spiro atoms. The van der Waals surface area contributed by atoms with Crippen molar-refractivity contribution < 1.29 is 4.79 Å². The topological polar surface area (TPSA) is 65.5 Å². The van der Waals surface area contributed by atoms with E-state index in [9.17, 15) is 4.79 Å². The van der Waals surface area contributed by atoms with Crippen LogP contribution in [-0.4, -0.2) is 38.0 Å². The molecule has 0 radical (unpaired) electrons. The van der Waals surface area contributed by atoms with Crippen LogP contribution >= 0.6 is 24.0 Å². The summed E-state index contributed by atoms with van der Waals surface area (Å²) in [4.78, 5) is 16.0. The van der Waals surface area contributed by atoms with Crippen LogP contribution in [0.4, 0.5) is 0 Å².